The minimum absolute atomic E-state index is 0. The number of hydrogen-bond acceptors (Lipinski definition) is 1. The SMILES string of the molecule is Br.Br.Br.C1CC2CCC(C1)C2.N. The van der Waals surface area contributed by atoms with Gasteiger partial charge in [-0.3, -0.25) is 0 Å². The highest BCUT2D eigenvalue weighted by Gasteiger charge is 2.27. The molecule has 0 aliphatic heterocycles. The molecule has 0 radical (unpaired) electrons. The van der Waals surface area contributed by atoms with Crippen molar-refractivity contribution in [1.82, 2.24) is 6.15 Å². The van der Waals surface area contributed by atoms with E-state index in [0.717, 1.165) is 11.8 Å². The molecule has 0 aromatic heterocycles. The van der Waals surface area contributed by atoms with E-state index >= 15 is 0 Å². The summed E-state index contributed by atoms with van der Waals surface area (Å²) in [4.78, 5) is 0. The Labute approximate surface area is 107 Å². The van der Waals surface area contributed by atoms with Gasteiger partial charge in [0.25, 0.3) is 0 Å². The zero-order valence-electron chi connectivity index (χ0n) is 7.33. The molecular formula is C8H20Br3N. The molecular weight excluding hydrogens is 350 g/mol. The van der Waals surface area contributed by atoms with Crippen LogP contribution in [0, 0.1) is 11.8 Å². The first-order valence-corrected chi connectivity index (χ1v) is 3.95. The molecule has 2 bridgehead atoms. The molecule has 2 atom stereocenters. The van der Waals surface area contributed by atoms with E-state index in [1.165, 1.54) is 6.42 Å². The summed E-state index contributed by atoms with van der Waals surface area (Å²) in [5.74, 6) is 2.32. The first kappa shape index (κ1) is 19.0. The fourth-order valence-corrected chi connectivity index (χ4v) is 2.40. The standard InChI is InChI=1S/C8H14.3BrH.H3N/c1-2-7-4-5-8(3-1)6-7;;;;/h7-8H,1-6H2;3*1H;1H3. The van der Waals surface area contributed by atoms with Gasteiger partial charge in [0, 0.05) is 0 Å². The summed E-state index contributed by atoms with van der Waals surface area (Å²) in [6.07, 6.45) is 9.34. The van der Waals surface area contributed by atoms with Gasteiger partial charge < -0.3 is 6.15 Å². The number of halogens is 3. The van der Waals surface area contributed by atoms with Crippen LogP contribution in [-0.2, 0) is 0 Å². The van der Waals surface area contributed by atoms with Crippen LogP contribution in [0.15, 0.2) is 0 Å². The van der Waals surface area contributed by atoms with E-state index in [1.807, 2.05) is 0 Å². The van der Waals surface area contributed by atoms with E-state index in [0.29, 0.717) is 0 Å². The quantitative estimate of drug-likeness (QED) is 0.671. The third kappa shape index (κ3) is 4.58. The second kappa shape index (κ2) is 8.97. The fraction of sp³-hybridized carbons (Fsp3) is 1.00. The van der Waals surface area contributed by atoms with Crippen molar-refractivity contribution in [1.29, 1.82) is 0 Å². The molecule has 2 rings (SSSR count). The van der Waals surface area contributed by atoms with Gasteiger partial charge in [-0.1, -0.05) is 32.1 Å². The zero-order valence-corrected chi connectivity index (χ0v) is 12.5. The third-order valence-electron chi connectivity index (χ3n) is 2.87. The molecule has 2 fully saturated rings. The maximum absolute atomic E-state index is 1.58. The van der Waals surface area contributed by atoms with Crippen LogP contribution >= 0.6 is 50.9 Å². The Bertz CT molecular complexity index is 86.3. The predicted octanol–water partition coefficient (Wildman–Crippen LogP) is 4.48. The molecule has 1 nitrogen and oxygen atoms in total. The summed E-state index contributed by atoms with van der Waals surface area (Å²) >= 11 is 0. The Kier molecular flexibility index (Phi) is 14.2. The van der Waals surface area contributed by atoms with Gasteiger partial charge in [0.15, 0.2) is 0 Å². The van der Waals surface area contributed by atoms with Gasteiger partial charge in [-0.05, 0) is 18.3 Å². The lowest BCUT2D eigenvalue weighted by atomic mass is 9.89. The molecule has 0 aromatic rings. The highest BCUT2D eigenvalue weighted by Crippen LogP contribution is 2.41. The smallest absolute Gasteiger partial charge is 0.0412 e. The van der Waals surface area contributed by atoms with Crippen molar-refractivity contribution in [2.24, 2.45) is 11.8 Å². The van der Waals surface area contributed by atoms with Crippen LogP contribution in [0.5, 0.6) is 0 Å². The Morgan fingerprint density at radius 3 is 1.42 bits per heavy atom. The summed E-state index contributed by atoms with van der Waals surface area (Å²) in [7, 11) is 0. The molecule has 0 amide bonds. The maximum Gasteiger partial charge on any atom is -0.0412 e. The summed E-state index contributed by atoms with van der Waals surface area (Å²) in [5.41, 5.74) is 0. The largest absolute Gasteiger partial charge is 0.344 e. The maximum atomic E-state index is 1.58. The van der Waals surface area contributed by atoms with Gasteiger partial charge >= 0.3 is 0 Å². The lowest BCUT2D eigenvalue weighted by Gasteiger charge is -2.16. The van der Waals surface area contributed by atoms with Gasteiger partial charge in [0.1, 0.15) is 0 Å². The molecule has 0 saturated heterocycles. The van der Waals surface area contributed by atoms with Crippen LogP contribution in [0.1, 0.15) is 38.5 Å². The lowest BCUT2D eigenvalue weighted by molar-refractivity contribution is 0.359. The summed E-state index contributed by atoms with van der Waals surface area (Å²) < 4.78 is 0. The summed E-state index contributed by atoms with van der Waals surface area (Å²) in [6, 6.07) is 0. The van der Waals surface area contributed by atoms with Crippen molar-refractivity contribution in [3.63, 3.8) is 0 Å². The monoisotopic (exact) mass is 367 g/mol. The highest BCUT2D eigenvalue weighted by molar-refractivity contribution is 8.93. The van der Waals surface area contributed by atoms with Crippen LogP contribution in [-0.4, -0.2) is 0 Å². The second-order valence-corrected chi connectivity index (χ2v) is 3.48. The number of hydrogen-bond donors (Lipinski definition) is 1. The minimum Gasteiger partial charge on any atom is -0.344 e. The van der Waals surface area contributed by atoms with Gasteiger partial charge in [-0.15, -0.1) is 50.9 Å². The molecule has 3 N–H and O–H groups in total. The zero-order chi connectivity index (χ0) is 5.40. The average molecular weight is 370 g/mol. The summed E-state index contributed by atoms with van der Waals surface area (Å²) in [5, 5.41) is 0. The van der Waals surface area contributed by atoms with Crippen LogP contribution < -0.4 is 6.15 Å². The van der Waals surface area contributed by atoms with Crippen LogP contribution in [0.2, 0.25) is 0 Å². The summed E-state index contributed by atoms with van der Waals surface area (Å²) in [6.45, 7) is 0. The van der Waals surface area contributed by atoms with Gasteiger partial charge in [-0.2, -0.15) is 0 Å². The third-order valence-corrected chi connectivity index (χ3v) is 2.87. The molecule has 78 valence electrons. The van der Waals surface area contributed by atoms with E-state index in [1.54, 1.807) is 32.1 Å². The van der Waals surface area contributed by atoms with Crippen molar-refractivity contribution in [3.8, 4) is 0 Å². The molecule has 4 heteroatoms. The predicted molar refractivity (Wildman–Crippen MR) is 70.7 cm³/mol. The van der Waals surface area contributed by atoms with E-state index in [-0.39, 0.29) is 57.1 Å². The first-order valence-electron chi connectivity index (χ1n) is 3.95. The molecule has 2 aliphatic rings. The first-order chi connectivity index (χ1) is 3.95. The van der Waals surface area contributed by atoms with Crippen molar-refractivity contribution < 1.29 is 0 Å². The van der Waals surface area contributed by atoms with Crippen LogP contribution in [0.4, 0.5) is 0 Å². The molecule has 2 aliphatic carbocycles. The van der Waals surface area contributed by atoms with Crippen molar-refractivity contribution in [3.05, 3.63) is 0 Å². The van der Waals surface area contributed by atoms with E-state index in [4.69, 9.17) is 0 Å². The molecule has 12 heavy (non-hydrogen) atoms. The lowest BCUT2D eigenvalue weighted by Crippen LogP contribution is -2.03. The number of fused-ring (bicyclic) bond motifs is 2. The highest BCUT2D eigenvalue weighted by atomic mass is 79.9. The van der Waals surface area contributed by atoms with E-state index in [2.05, 4.69) is 0 Å². The minimum atomic E-state index is 0. The van der Waals surface area contributed by atoms with Crippen molar-refractivity contribution in [2.75, 3.05) is 0 Å². The Balaban J connectivity index is -0.000000202. The normalized spacial score (nSPS) is 30.0. The Morgan fingerprint density at radius 2 is 1.08 bits per heavy atom. The second-order valence-electron chi connectivity index (χ2n) is 3.48. The Hall–Kier alpha value is 1.40. The van der Waals surface area contributed by atoms with E-state index in [9.17, 15) is 0 Å². The van der Waals surface area contributed by atoms with Gasteiger partial charge in [0.2, 0.25) is 0 Å². The van der Waals surface area contributed by atoms with Crippen LogP contribution in [0.25, 0.3) is 0 Å². The molecule has 0 heterocycles. The van der Waals surface area contributed by atoms with E-state index < -0.39 is 0 Å². The van der Waals surface area contributed by atoms with Crippen molar-refractivity contribution >= 4 is 50.9 Å². The Morgan fingerprint density at radius 1 is 0.667 bits per heavy atom. The topological polar surface area (TPSA) is 35.0 Å². The van der Waals surface area contributed by atoms with Gasteiger partial charge in [0.05, 0.1) is 0 Å². The molecule has 0 spiro atoms. The molecule has 2 saturated carbocycles. The molecule has 2 unspecified atom stereocenters. The van der Waals surface area contributed by atoms with Crippen LogP contribution in [0.3, 0.4) is 0 Å². The van der Waals surface area contributed by atoms with Crippen molar-refractivity contribution in [2.45, 2.75) is 38.5 Å². The fourth-order valence-electron chi connectivity index (χ4n) is 2.40. The number of rotatable bonds is 0. The van der Waals surface area contributed by atoms with Gasteiger partial charge in [-0.25, -0.2) is 0 Å². The molecule has 0 aromatic carbocycles. The average Bonchev–Trinajstić information content (AvgIpc) is 2.12.